The van der Waals surface area contributed by atoms with E-state index in [0.29, 0.717) is 19.6 Å². The summed E-state index contributed by atoms with van der Waals surface area (Å²) in [7, 11) is 0. The van der Waals surface area contributed by atoms with Crippen LogP contribution in [-0.2, 0) is 11.2 Å². The summed E-state index contributed by atoms with van der Waals surface area (Å²) < 4.78 is 24.4. The van der Waals surface area contributed by atoms with E-state index in [1.165, 1.54) is 6.07 Å². The molecule has 0 bridgehead atoms. The Morgan fingerprint density at radius 2 is 2.05 bits per heavy atom. The van der Waals surface area contributed by atoms with Crippen molar-refractivity contribution in [2.45, 2.75) is 39.2 Å². The third kappa shape index (κ3) is 6.55. The van der Waals surface area contributed by atoms with Gasteiger partial charge in [0.2, 0.25) is 0 Å². The number of rotatable bonds is 9. The number of ether oxygens (including phenoxy) is 2. The van der Waals surface area contributed by atoms with E-state index in [9.17, 15) is 4.39 Å². The largest absolute Gasteiger partial charge is 0.488 e. The molecule has 3 nitrogen and oxygen atoms in total. The molecule has 0 fully saturated rings. The highest BCUT2D eigenvalue weighted by atomic mass is 19.1. The zero-order valence-electron chi connectivity index (χ0n) is 11.8. The third-order valence-corrected chi connectivity index (χ3v) is 2.68. The number of unbranched alkanes of at least 4 members (excludes halogenated alkanes) is 1. The van der Waals surface area contributed by atoms with Gasteiger partial charge in [-0.1, -0.05) is 19.4 Å². The highest BCUT2D eigenvalue weighted by Crippen LogP contribution is 2.19. The van der Waals surface area contributed by atoms with Gasteiger partial charge in [-0.2, -0.15) is 0 Å². The maximum absolute atomic E-state index is 13.7. The van der Waals surface area contributed by atoms with Crippen molar-refractivity contribution in [1.29, 1.82) is 0 Å². The number of hydrogen-bond donors (Lipinski definition) is 1. The molecule has 19 heavy (non-hydrogen) atoms. The van der Waals surface area contributed by atoms with Gasteiger partial charge in [0.15, 0.2) is 11.6 Å². The minimum absolute atomic E-state index is 0.0261. The van der Waals surface area contributed by atoms with E-state index in [0.717, 1.165) is 25.0 Å². The SMILES string of the molecule is CCCCOCCOc1ccc(CC(C)N)cc1F. The molecule has 1 aromatic carbocycles. The van der Waals surface area contributed by atoms with Gasteiger partial charge in [-0.25, -0.2) is 4.39 Å². The van der Waals surface area contributed by atoms with Crippen molar-refractivity contribution in [3.8, 4) is 5.75 Å². The van der Waals surface area contributed by atoms with Gasteiger partial charge in [0, 0.05) is 12.6 Å². The molecule has 0 amide bonds. The topological polar surface area (TPSA) is 44.5 Å². The average Bonchev–Trinajstić information content (AvgIpc) is 2.35. The van der Waals surface area contributed by atoms with Crippen LogP contribution in [0.4, 0.5) is 4.39 Å². The summed E-state index contributed by atoms with van der Waals surface area (Å²) in [4.78, 5) is 0. The van der Waals surface area contributed by atoms with E-state index < -0.39 is 0 Å². The van der Waals surface area contributed by atoms with E-state index in [1.54, 1.807) is 6.07 Å². The number of benzene rings is 1. The van der Waals surface area contributed by atoms with Crippen LogP contribution in [0.3, 0.4) is 0 Å². The standard InChI is InChI=1S/C15H24FNO2/c1-3-4-7-18-8-9-19-15-6-5-13(10-12(2)17)11-14(15)16/h5-6,11-12H,3-4,7-10,17H2,1-2H3. The molecule has 0 heterocycles. The fourth-order valence-corrected chi connectivity index (χ4v) is 1.72. The van der Waals surface area contributed by atoms with Crippen LogP contribution in [0.25, 0.3) is 0 Å². The number of nitrogens with two attached hydrogens (primary N) is 1. The lowest BCUT2D eigenvalue weighted by Gasteiger charge is -2.10. The maximum atomic E-state index is 13.7. The Morgan fingerprint density at radius 1 is 1.26 bits per heavy atom. The van der Waals surface area contributed by atoms with Crippen LogP contribution in [0.1, 0.15) is 32.3 Å². The zero-order chi connectivity index (χ0) is 14.1. The summed E-state index contributed by atoms with van der Waals surface area (Å²) >= 11 is 0. The minimum atomic E-state index is -0.341. The zero-order valence-corrected chi connectivity index (χ0v) is 11.8. The second-order valence-corrected chi connectivity index (χ2v) is 4.76. The second kappa shape index (κ2) is 8.88. The fraction of sp³-hybridized carbons (Fsp3) is 0.600. The Bertz CT molecular complexity index is 369. The lowest BCUT2D eigenvalue weighted by molar-refractivity contribution is 0.0967. The van der Waals surface area contributed by atoms with Crippen LogP contribution in [0, 0.1) is 5.82 Å². The van der Waals surface area contributed by atoms with Crippen molar-refractivity contribution in [1.82, 2.24) is 0 Å². The third-order valence-electron chi connectivity index (χ3n) is 2.68. The molecule has 0 aliphatic carbocycles. The lowest BCUT2D eigenvalue weighted by atomic mass is 10.1. The van der Waals surface area contributed by atoms with Crippen LogP contribution in [0.2, 0.25) is 0 Å². The Balaban J connectivity index is 2.34. The van der Waals surface area contributed by atoms with Crippen molar-refractivity contribution in [2.24, 2.45) is 5.73 Å². The molecule has 1 rings (SSSR count). The van der Waals surface area contributed by atoms with Crippen molar-refractivity contribution >= 4 is 0 Å². The first kappa shape index (κ1) is 15.9. The molecule has 4 heteroatoms. The maximum Gasteiger partial charge on any atom is 0.165 e. The average molecular weight is 269 g/mol. The van der Waals surface area contributed by atoms with Crippen LogP contribution < -0.4 is 10.5 Å². The van der Waals surface area contributed by atoms with Crippen LogP contribution >= 0.6 is 0 Å². The van der Waals surface area contributed by atoms with Gasteiger partial charge in [0.05, 0.1) is 6.61 Å². The summed E-state index contributed by atoms with van der Waals surface area (Å²) in [6, 6.07) is 5.01. The number of hydrogen-bond acceptors (Lipinski definition) is 3. The Labute approximate surface area is 114 Å². The van der Waals surface area contributed by atoms with E-state index in [-0.39, 0.29) is 17.6 Å². The molecular formula is C15H24FNO2. The van der Waals surface area contributed by atoms with Gasteiger partial charge in [0.1, 0.15) is 6.61 Å². The first-order chi connectivity index (χ1) is 9.13. The van der Waals surface area contributed by atoms with E-state index in [4.69, 9.17) is 15.2 Å². The van der Waals surface area contributed by atoms with E-state index in [1.807, 2.05) is 13.0 Å². The van der Waals surface area contributed by atoms with Crippen LogP contribution in [-0.4, -0.2) is 25.9 Å². The molecule has 108 valence electrons. The normalized spacial score (nSPS) is 12.4. The fourth-order valence-electron chi connectivity index (χ4n) is 1.72. The van der Waals surface area contributed by atoms with E-state index >= 15 is 0 Å². The van der Waals surface area contributed by atoms with Crippen LogP contribution in [0.15, 0.2) is 18.2 Å². The second-order valence-electron chi connectivity index (χ2n) is 4.76. The molecule has 1 aromatic rings. The first-order valence-corrected chi connectivity index (χ1v) is 6.88. The van der Waals surface area contributed by atoms with Gasteiger partial charge in [0.25, 0.3) is 0 Å². The molecule has 0 aliphatic heterocycles. The molecule has 0 radical (unpaired) electrons. The van der Waals surface area contributed by atoms with Gasteiger partial charge < -0.3 is 15.2 Å². The molecule has 0 spiro atoms. The molecular weight excluding hydrogens is 245 g/mol. The van der Waals surface area contributed by atoms with Crippen molar-refractivity contribution in [3.05, 3.63) is 29.6 Å². The molecule has 0 aromatic heterocycles. The molecule has 0 saturated carbocycles. The lowest BCUT2D eigenvalue weighted by Crippen LogP contribution is -2.17. The summed E-state index contributed by atoms with van der Waals surface area (Å²) in [5.74, 6) is -0.0702. The van der Waals surface area contributed by atoms with Crippen molar-refractivity contribution in [3.63, 3.8) is 0 Å². The molecule has 0 aliphatic rings. The van der Waals surface area contributed by atoms with Crippen molar-refractivity contribution in [2.75, 3.05) is 19.8 Å². The summed E-state index contributed by atoms with van der Waals surface area (Å²) in [6.07, 6.45) is 2.81. The van der Waals surface area contributed by atoms with Gasteiger partial charge in [-0.05, 0) is 37.5 Å². The van der Waals surface area contributed by atoms with Gasteiger partial charge in [-0.15, -0.1) is 0 Å². The Morgan fingerprint density at radius 3 is 2.68 bits per heavy atom. The van der Waals surface area contributed by atoms with Gasteiger partial charge in [-0.3, -0.25) is 0 Å². The van der Waals surface area contributed by atoms with Gasteiger partial charge >= 0.3 is 0 Å². The highest BCUT2D eigenvalue weighted by Gasteiger charge is 2.06. The molecule has 1 unspecified atom stereocenters. The van der Waals surface area contributed by atoms with Crippen LogP contribution in [0.5, 0.6) is 5.75 Å². The predicted molar refractivity (Wildman–Crippen MR) is 75.0 cm³/mol. The number of halogens is 1. The first-order valence-electron chi connectivity index (χ1n) is 6.88. The summed E-state index contributed by atoms with van der Waals surface area (Å²) in [5, 5.41) is 0. The summed E-state index contributed by atoms with van der Waals surface area (Å²) in [6.45, 7) is 5.60. The monoisotopic (exact) mass is 269 g/mol. The summed E-state index contributed by atoms with van der Waals surface area (Å²) in [5.41, 5.74) is 6.57. The molecule has 2 N–H and O–H groups in total. The Kier molecular flexibility index (Phi) is 7.45. The quantitative estimate of drug-likeness (QED) is 0.701. The smallest absolute Gasteiger partial charge is 0.165 e. The highest BCUT2D eigenvalue weighted by molar-refractivity contribution is 5.29. The minimum Gasteiger partial charge on any atom is -0.488 e. The van der Waals surface area contributed by atoms with Crippen molar-refractivity contribution < 1.29 is 13.9 Å². The predicted octanol–water partition coefficient (Wildman–Crippen LogP) is 2.91. The molecule has 1 atom stereocenters. The Hall–Kier alpha value is -1.13. The van der Waals surface area contributed by atoms with E-state index in [2.05, 4.69) is 6.92 Å². The molecule has 0 saturated heterocycles.